The van der Waals surface area contributed by atoms with Gasteiger partial charge in [-0.1, -0.05) is 6.07 Å². The van der Waals surface area contributed by atoms with Gasteiger partial charge < -0.3 is 0 Å². The van der Waals surface area contributed by atoms with Gasteiger partial charge in [0.15, 0.2) is 0 Å². The zero-order chi connectivity index (χ0) is 8.27. The van der Waals surface area contributed by atoms with E-state index in [0.717, 1.165) is 6.07 Å². The molecule has 0 aromatic heterocycles. The fraction of sp³-hybridized carbons (Fsp3) is 0.111. The first-order valence-corrected chi connectivity index (χ1v) is 3.11. The third kappa shape index (κ3) is 1.78. The lowest BCUT2D eigenvalue weighted by Gasteiger charge is -1.96. The van der Waals surface area contributed by atoms with Crippen molar-refractivity contribution in [3.63, 3.8) is 0 Å². The fourth-order valence-electron chi connectivity index (χ4n) is 0.775. The first kappa shape index (κ1) is 7.74. The van der Waals surface area contributed by atoms with Gasteiger partial charge in [0.25, 0.3) is 0 Å². The van der Waals surface area contributed by atoms with Crippen molar-refractivity contribution < 1.29 is 8.78 Å². The largest absolute Gasteiger partial charge is 0.207 e. The normalized spacial score (nSPS) is 9.18. The summed E-state index contributed by atoms with van der Waals surface area (Å²) in [4.78, 5) is 0. The highest BCUT2D eigenvalue weighted by atomic mass is 19.1. The molecule has 0 heterocycles. The predicted octanol–water partition coefficient (Wildman–Crippen LogP) is 2.14. The third-order valence-corrected chi connectivity index (χ3v) is 1.31. The summed E-state index contributed by atoms with van der Waals surface area (Å²) < 4.78 is 25.0. The first-order chi connectivity index (χ1) is 5.24. The first-order valence-electron chi connectivity index (χ1n) is 3.11. The summed E-state index contributed by atoms with van der Waals surface area (Å²) in [6.45, 7) is 0. The molecule has 0 bridgehead atoms. The van der Waals surface area contributed by atoms with Crippen LogP contribution in [0.2, 0.25) is 0 Å². The zero-order valence-corrected chi connectivity index (χ0v) is 5.77. The van der Waals surface area contributed by atoms with Crippen LogP contribution in [0.1, 0.15) is 5.56 Å². The van der Waals surface area contributed by atoms with Crippen molar-refractivity contribution in [2.24, 2.45) is 0 Å². The Kier molecular flexibility index (Phi) is 2.22. The van der Waals surface area contributed by atoms with E-state index in [-0.39, 0.29) is 6.42 Å². The molecule has 1 aromatic carbocycles. The average molecular weight is 152 g/mol. The van der Waals surface area contributed by atoms with Gasteiger partial charge in [0.1, 0.15) is 11.6 Å². The molecular weight excluding hydrogens is 146 g/mol. The molecule has 0 radical (unpaired) electrons. The van der Waals surface area contributed by atoms with E-state index in [1.165, 1.54) is 12.1 Å². The Balaban J connectivity index is 3.01. The molecule has 0 spiro atoms. The summed E-state index contributed by atoms with van der Waals surface area (Å²) in [5, 5.41) is 0. The Hall–Kier alpha value is -1.36. The van der Waals surface area contributed by atoms with Gasteiger partial charge >= 0.3 is 0 Å². The van der Waals surface area contributed by atoms with Crippen molar-refractivity contribution in [2.45, 2.75) is 6.42 Å². The maximum absolute atomic E-state index is 12.7. The van der Waals surface area contributed by atoms with Gasteiger partial charge in [-0.15, -0.1) is 12.3 Å². The van der Waals surface area contributed by atoms with Crippen LogP contribution in [0.25, 0.3) is 0 Å². The second kappa shape index (κ2) is 3.16. The maximum Gasteiger partial charge on any atom is 0.130 e. The van der Waals surface area contributed by atoms with Crippen molar-refractivity contribution in [2.75, 3.05) is 0 Å². The molecule has 56 valence electrons. The van der Waals surface area contributed by atoms with Gasteiger partial charge in [0.05, 0.1) is 0 Å². The lowest BCUT2D eigenvalue weighted by atomic mass is 10.1. The standard InChI is InChI=1S/C9H6F2/c1-2-3-7-4-5-8(10)6-9(7)11/h1,4-6H,3H2. The van der Waals surface area contributed by atoms with Crippen LogP contribution in [0.5, 0.6) is 0 Å². The second-order valence-corrected chi connectivity index (χ2v) is 2.12. The molecule has 0 aliphatic rings. The van der Waals surface area contributed by atoms with Crippen LogP contribution in [0.4, 0.5) is 8.78 Å². The molecule has 0 amide bonds. The van der Waals surface area contributed by atoms with Gasteiger partial charge in [0, 0.05) is 12.5 Å². The summed E-state index contributed by atoms with van der Waals surface area (Å²) in [6, 6.07) is 3.37. The van der Waals surface area contributed by atoms with E-state index < -0.39 is 11.6 Å². The summed E-state index contributed by atoms with van der Waals surface area (Å²) in [5.41, 5.74) is 0.355. The Labute approximate surface area is 63.9 Å². The molecule has 0 saturated heterocycles. The van der Waals surface area contributed by atoms with Crippen LogP contribution in [0.15, 0.2) is 18.2 Å². The number of hydrogen-bond donors (Lipinski definition) is 0. The highest BCUT2D eigenvalue weighted by Gasteiger charge is 2.00. The lowest BCUT2D eigenvalue weighted by molar-refractivity contribution is 0.575. The van der Waals surface area contributed by atoms with Gasteiger partial charge in [-0.2, -0.15) is 0 Å². The summed E-state index contributed by atoms with van der Waals surface area (Å²) >= 11 is 0. The van der Waals surface area contributed by atoms with Crippen LogP contribution < -0.4 is 0 Å². The zero-order valence-electron chi connectivity index (χ0n) is 5.77. The van der Waals surface area contributed by atoms with E-state index >= 15 is 0 Å². The van der Waals surface area contributed by atoms with Crippen LogP contribution in [0, 0.1) is 24.0 Å². The van der Waals surface area contributed by atoms with E-state index in [0.29, 0.717) is 5.56 Å². The minimum atomic E-state index is -0.581. The molecule has 0 fully saturated rings. The quantitative estimate of drug-likeness (QED) is 0.541. The van der Waals surface area contributed by atoms with Gasteiger partial charge in [-0.3, -0.25) is 0 Å². The number of hydrogen-bond acceptors (Lipinski definition) is 0. The van der Waals surface area contributed by atoms with E-state index in [1.54, 1.807) is 0 Å². The molecule has 1 aromatic rings. The van der Waals surface area contributed by atoms with Crippen molar-refractivity contribution >= 4 is 0 Å². The Morgan fingerprint density at radius 1 is 1.36 bits per heavy atom. The van der Waals surface area contributed by atoms with Crippen molar-refractivity contribution in [3.8, 4) is 12.3 Å². The average Bonchev–Trinajstić information content (AvgIpc) is 1.95. The molecule has 0 N–H and O–H groups in total. The van der Waals surface area contributed by atoms with E-state index in [4.69, 9.17) is 6.42 Å². The Morgan fingerprint density at radius 3 is 2.64 bits per heavy atom. The van der Waals surface area contributed by atoms with Gasteiger partial charge in [-0.05, 0) is 11.6 Å². The molecular formula is C9H6F2. The molecule has 0 unspecified atom stereocenters. The number of rotatable bonds is 1. The molecule has 0 aliphatic carbocycles. The summed E-state index contributed by atoms with van der Waals surface area (Å²) in [6.07, 6.45) is 5.16. The van der Waals surface area contributed by atoms with Crippen LogP contribution in [-0.4, -0.2) is 0 Å². The number of benzene rings is 1. The summed E-state index contributed by atoms with van der Waals surface area (Å²) in [5.74, 6) is 1.12. The molecule has 0 nitrogen and oxygen atoms in total. The predicted molar refractivity (Wildman–Crippen MR) is 38.9 cm³/mol. The van der Waals surface area contributed by atoms with Crippen molar-refractivity contribution in [1.82, 2.24) is 0 Å². The van der Waals surface area contributed by atoms with Gasteiger partial charge in [0.2, 0.25) is 0 Å². The molecule has 0 saturated carbocycles. The highest BCUT2D eigenvalue weighted by molar-refractivity contribution is 5.22. The van der Waals surface area contributed by atoms with E-state index in [1.807, 2.05) is 0 Å². The van der Waals surface area contributed by atoms with E-state index in [2.05, 4.69) is 5.92 Å². The molecule has 1 rings (SSSR count). The van der Waals surface area contributed by atoms with Crippen LogP contribution >= 0.6 is 0 Å². The SMILES string of the molecule is C#CCc1ccc(F)cc1F. The molecule has 11 heavy (non-hydrogen) atoms. The molecule has 0 atom stereocenters. The van der Waals surface area contributed by atoms with Crippen molar-refractivity contribution in [3.05, 3.63) is 35.4 Å². The monoisotopic (exact) mass is 152 g/mol. The fourth-order valence-corrected chi connectivity index (χ4v) is 0.775. The second-order valence-electron chi connectivity index (χ2n) is 2.12. The minimum Gasteiger partial charge on any atom is -0.207 e. The number of halogens is 2. The minimum absolute atomic E-state index is 0.201. The Bertz CT molecular complexity index is 297. The molecule has 0 aliphatic heterocycles. The summed E-state index contributed by atoms with van der Waals surface area (Å²) in [7, 11) is 0. The highest BCUT2D eigenvalue weighted by Crippen LogP contribution is 2.09. The smallest absolute Gasteiger partial charge is 0.130 e. The van der Waals surface area contributed by atoms with Crippen molar-refractivity contribution in [1.29, 1.82) is 0 Å². The molecule has 2 heteroatoms. The van der Waals surface area contributed by atoms with Gasteiger partial charge in [-0.25, -0.2) is 8.78 Å². The third-order valence-electron chi connectivity index (χ3n) is 1.31. The maximum atomic E-state index is 12.7. The lowest BCUT2D eigenvalue weighted by Crippen LogP contribution is -1.88. The van der Waals surface area contributed by atoms with E-state index in [9.17, 15) is 8.78 Å². The van der Waals surface area contributed by atoms with Crippen LogP contribution in [0.3, 0.4) is 0 Å². The number of terminal acetylenes is 1. The van der Waals surface area contributed by atoms with Crippen LogP contribution in [-0.2, 0) is 6.42 Å². The topological polar surface area (TPSA) is 0 Å². The Morgan fingerprint density at radius 2 is 2.09 bits per heavy atom.